The summed E-state index contributed by atoms with van der Waals surface area (Å²) in [5, 5.41) is 9.98. The zero-order chi connectivity index (χ0) is 24.4. The minimum atomic E-state index is -0.406. The molecule has 9 heteroatoms. The first kappa shape index (κ1) is 22.7. The highest BCUT2D eigenvalue weighted by Crippen LogP contribution is 2.31. The van der Waals surface area contributed by atoms with Gasteiger partial charge >= 0.3 is 6.03 Å². The van der Waals surface area contributed by atoms with E-state index in [2.05, 4.69) is 25.5 Å². The van der Waals surface area contributed by atoms with Crippen molar-refractivity contribution in [3.8, 4) is 5.75 Å². The van der Waals surface area contributed by atoms with Crippen LogP contribution in [0.25, 0.3) is 10.9 Å². The lowest BCUT2D eigenvalue weighted by molar-refractivity contribution is -0.117. The molecule has 0 unspecified atom stereocenters. The molecule has 4 aromatic rings. The number of fused-ring (bicyclic) bond motifs is 1. The van der Waals surface area contributed by atoms with Gasteiger partial charge in [-0.15, -0.1) is 0 Å². The molecule has 2 heterocycles. The van der Waals surface area contributed by atoms with E-state index in [1.54, 1.807) is 24.4 Å². The number of amides is 3. The molecule has 178 valence electrons. The summed E-state index contributed by atoms with van der Waals surface area (Å²) < 4.78 is 7.38. The quantitative estimate of drug-likeness (QED) is 0.308. The first-order valence-corrected chi connectivity index (χ1v) is 11.6. The van der Waals surface area contributed by atoms with Crippen LogP contribution in [0.5, 0.6) is 5.75 Å². The third-order valence-corrected chi connectivity index (χ3v) is 6.08. The van der Waals surface area contributed by atoms with E-state index in [-0.39, 0.29) is 11.8 Å². The van der Waals surface area contributed by atoms with E-state index in [1.165, 1.54) is 7.11 Å². The van der Waals surface area contributed by atoms with E-state index >= 15 is 0 Å². The third kappa shape index (κ3) is 5.22. The number of rotatable bonds is 7. The Kier molecular flexibility index (Phi) is 6.29. The monoisotopic (exact) mass is 489 g/mol. The number of hydrogen-bond donors (Lipinski definition) is 3. The van der Waals surface area contributed by atoms with E-state index < -0.39 is 6.03 Å². The first-order chi connectivity index (χ1) is 17.0. The Morgan fingerprint density at radius 3 is 2.69 bits per heavy atom. The molecule has 0 radical (unpaired) electrons. The maximum atomic E-state index is 12.7. The maximum absolute atomic E-state index is 12.7. The molecule has 0 saturated heterocycles. The highest BCUT2D eigenvalue weighted by atomic mass is 35.5. The number of carbonyl (C=O) groups excluding carboxylic acids is 2. The standard InChI is InChI=1S/C26H24ClN5O3/c1-35-23-8-7-18(27)14-21(23)30-26(34)29-20-3-2-4-22-19(20)10-12-32(22)15-16-9-11-28-24(13-16)31-25(33)17-5-6-17/h2-4,7-14,17H,5-6,15H2,1H3,(H,28,31,33)(H2,29,30,34). The number of methoxy groups -OCH3 is 1. The van der Waals surface area contributed by atoms with Gasteiger partial charge in [-0.1, -0.05) is 17.7 Å². The van der Waals surface area contributed by atoms with Gasteiger partial charge in [-0.25, -0.2) is 9.78 Å². The molecule has 3 amide bonds. The molecule has 3 N–H and O–H groups in total. The number of ether oxygens (including phenoxy) is 1. The Hall–Kier alpha value is -4.04. The van der Waals surface area contributed by atoms with Crippen molar-refractivity contribution in [3.05, 3.63) is 77.6 Å². The molecule has 35 heavy (non-hydrogen) atoms. The van der Waals surface area contributed by atoms with Gasteiger partial charge in [0.1, 0.15) is 11.6 Å². The minimum absolute atomic E-state index is 0.0328. The molecule has 8 nitrogen and oxygen atoms in total. The van der Waals surface area contributed by atoms with Gasteiger partial charge in [-0.2, -0.15) is 0 Å². The lowest BCUT2D eigenvalue weighted by Gasteiger charge is -2.13. The van der Waals surface area contributed by atoms with Gasteiger partial charge in [0.2, 0.25) is 5.91 Å². The topological polar surface area (TPSA) is 97.3 Å². The Balaban J connectivity index is 1.32. The fraction of sp³-hybridized carbons (Fsp3) is 0.192. The van der Waals surface area contributed by atoms with Gasteiger partial charge in [-0.05, 0) is 66.9 Å². The molecule has 0 bridgehead atoms. The number of hydrogen-bond acceptors (Lipinski definition) is 4. The van der Waals surface area contributed by atoms with Crippen LogP contribution in [0.3, 0.4) is 0 Å². The van der Waals surface area contributed by atoms with Gasteiger partial charge < -0.3 is 25.3 Å². The van der Waals surface area contributed by atoms with Crippen LogP contribution in [-0.2, 0) is 11.3 Å². The van der Waals surface area contributed by atoms with E-state index in [0.29, 0.717) is 34.5 Å². The molecule has 5 rings (SSSR count). The molecule has 1 saturated carbocycles. The Morgan fingerprint density at radius 1 is 1.06 bits per heavy atom. The van der Waals surface area contributed by atoms with Crippen molar-refractivity contribution < 1.29 is 14.3 Å². The summed E-state index contributed by atoms with van der Waals surface area (Å²) in [6.07, 6.45) is 5.56. The van der Waals surface area contributed by atoms with E-state index in [4.69, 9.17) is 16.3 Å². The van der Waals surface area contributed by atoms with Crippen LogP contribution in [-0.4, -0.2) is 28.6 Å². The van der Waals surface area contributed by atoms with E-state index in [1.807, 2.05) is 42.6 Å². The number of aromatic nitrogens is 2. The molecule has 1 aliphatic rings. The second-order valence-corrected chi connectivity index (χ2v) is 8.86. The molecular weight excluding hydrogens is 466 g/mol. The van der Waals surface area contributed by atoms with Gasteiger partial charge in [0.05, 0.1) is 24.0 Å². The molecule has 1 aliphatic carbocycles. The van der Waals surface area contributed by atoms with Crippen LogP contribution in [0.2, 0.25) is 5.02 Å². The van der Waals surface area contributed by atoms with Crippen molar-refractivity contribution in [3.63, 3.8) is 0 Å². The fourth-order valence-corrected chi connectivity index (χ4v) is 4.11. The normalized spacial score (nSPS) is 12.9. The number of pyridine rings is 1. The lowest BCUT2D eigenvalue weighted by Crippen LogP contribution is -2.20. The molecule has 2 aromatic heterocycles. The van der Waals surface area contributed by atoms with Gasteiger partial charge in [0, 0.05) is 35.3 Å². The van der Waals surface area contributed by atoms with Crippen LogP contribution in [0.15, 0.2) is 67.0 Å². The maximum Gasteiger partial charge on any atom is 0.323 e. The predicted molar refractivity (Wildman–Crippen MR) is 137 cm³/mol. The Bertz CT molecular complexity index is 1410. The minimum Gasteiger partial charge on any atom is -0.495 e. The summed E-state index contributed by atoms with van der Waals surface area (Å²) in [5.41, 5.74) is 3.12. The van der Waals surface area contributed by atoms with Crippen molar-refractivity contribution >= 4 is 51.6 Å². The SMILES string of the molecule is COc1ccc(Cl)cc1NC(=O)Nc1cccc2c1ccn2Cc1ccnc(NC(=O)C2CC2)c1. The van der Waals surface area contributed by atoms with Gasteiger partial charge in [0.15, 0.2) is 0 Å². The summed E-state index contributed by atoms with van der Waals surface area (Å²) in [7, 11) is 1.53. The summed E-state index contributed by atoms with van der Waals surface area (Å²) in [4.78, 5) is 29.0. The number of benzene rings is 2. The summed E-state index contributed by atoms with van der Waals surface area (Å²) in [6, 6.07) is 16.1. The number of nitrogens with zero attached hydrogens (tertiary/aromatic N) is 2. The van der Waals surface area contributed by atoms with Gasteiger partial charge in [0.25, 0.3) is 0 Å². The fourth-order valence-electron chi connectivity index (χ4n) is 3.94. The molecule has 0 spiro atoms. The molecule has 0 atom stereocenters. The summed E-state index contributed by atoms with van der Waals surface area (Å²) in [6.45, 7) is 0.591. The molecular formula is C26H24ClN5O3. The summed E-state index contributed by atoms with van der Waals surface area (Å²) >= 11 is 6.06. The average molecular weight is 490 g/mol. The van der Waals surface area contributed by atoms with Crippen molar-refractivity contribution in [2.24, 2.45) is 5.92 Å². The first-order valence-electron chi connectivity index (χ1n) is 11.3. The molecule has 1 fully saturated rings. The van der Waals surface area contributed by atoms with E-state index in [0.717, 1.165) is 29.3 Å². The number of nitrogens with one attached hydrogen (secondary N) is 3. The van der Waals surface area contributed by atoms with Crippen molar-refractivity contribution in [2.75, 3.05) is 23.1 Å². The lowest BCUT2D eigenvalue weighted by atomic mass is 10.2. The van der Waals surface area contributed by atoms with Crippen LogP contribution in [0.4, 0.5) is 22.0 Å². The Labute approximate surface area is 207 Å². The van der Waals surface area contributed by atoms with Gasteiger partial charge in [-0.3, -0.25) is 4.79 Å². The molecule has 2 aromatic carbocycles. The predicted octanol–water partition coefficient (Wildman–Crippen LogP) is 5.74. The second-order valence-electron chi connectivity index (χ2n) is 8.42. The second kappa shape index (κ2) is 9.68. The van der Waals surface area contributed by atoms with Crippen LogP contribution < -0.4 is 20.7 Å². The van der Waals surface area contributed by atoms with Crippen LogP contribution in [0, 0.1) is 5.92 Å². The third-order valence-electron chi connectivity index (χ3n) is 5.85. The van der Waals surface area contributed by atoms with E-state index in [9.17, 15) is 9.59 Å². The smallest absolute Gasteiger partial charge is 0.323 e. The number of urea groups is 1. The Morgan fingerprint density at radius 2 is 1.89 bits per heavy atom. The number of carbonyl (C=O) groups is 2. The van der Waals surface area contributed by atoms with Crippen molar-refractivity contribution in [2.45, 2.75) is 19.4 Å². The summed E-state index contributed by atoms with van der Waals surface area (Å²) in [5.74, 6) is 1.23. The molecule has 0 aliphatic heterocycles. The highest BCUT2D eigenvalue weighted by Gasteiger charge is 2.29. The zero-order valence-electron chi connectivity index (χ0n) is 19.0. The van der Waals surface area contributed by atoms with Crippen molar-refractivity contribution in [1.82, 2.24) is 9.55 Å². The largest absolute Gasteiger partial charge is 0.495 e. The average Bonchev–Trinajstić information content (AvgIpc) is 3.62. The zero-order valence-corrected chi connectivity index (χ0v) is 19.8. The van der Waals surface area contributed by atoms with Crippen LogP contribution >= 0.6 is 11.6 Å². The van der Waals surface area contributed by atoms with Crippen molar-refractivity contribution in [1.29, 1.82) is 0 Å². The number of anilines is 3. The highest BCUT2D eigenvalue weighted by molar-refractivity contribution is 6.31. The van der Waals surface area contributed by atoms with Crippen LogP contribution in [0.1, 0.15) is 18.4 Å². The number of halogens is 1.